The first-order valence-electron chi connectivity index (χ1n) is 10.4. The fourth-order valence-corrected chi connectivity index (χ4v) is 6.12. The van der Waals surface area contributed by atoms with Crippen LogP contribution >= 0.6 is 22.7 Å². The summed E-state index contributed by atoms with van der Waals surface area (Å²) in [5, 5.41) is 4.47. The van der Waals surface area contributed by atoms with E-state index in [1.807, 2.05) is 30.3 Å². The Morgan fingerprint density at radius 2 is 1.86 bits per heavy atom. The molecule has 2 aromatic carbocycles. The number of carbonyl (C=O) groups is 3. The lowest BCUT2D eigenvalue weighted by Gasteiger charge is -2.02. The highest BCUT2D eigenvalue weighted by molar-refractivity contribution is 7.92. The van der Waals surface area contributed by atoms with Gasteiger partial charge in [-0.05, 0) is 18.2 Å². The number of ether oxygens (including phenoxy) is 1. The molecule has 0 spiro atoms. The van der Waals surface area contributed by atoms with Gasteiger partial charge < -0.3 is 14.6 Å². The lowest BCUT2D eigenvalue weighted by molar-refractivity contribution is -0.115. The van der Waals surface area contributed by atoms with Crippen LogP contribution < -0.4 is 10.1 Å². The third kappa shape index (κ3) is 5.93. The second-order valence-corrected chi connectivity index (χ2v) is 11.5. The first kappa shape index (κ1) is 25.4. The quantitative estimate of drug-likeness (QED) is 0.353. The summed E-state index contributed by atoms with van der Waals surface area (Å²) < 4.78 is 31.9. The summed E-state index contributed by atoms with van der Waals surface area (Å²) in [5.74, 6) is -4.00. The van der Waals surface area contributed by atoms with E-state index in [9.17, 15) is 22.8 Å². The molecule has 4 aromatic rings. The monoisotopic (exact) mass is 544 g/mol. The van der Waals surface area contributed by atoms with Crippen molar-refractivity contribution in [1.29, 1.82) is 0 Å². The van der Waals surface area contributed by atoms with E-state index in [4.69, 9.17) is 4.74 Å². The lowest BCUT2D eigenvalue weighted by Crippen LogP contribution is -2.28. The maximum Gasteiger partial charge on any atom is 0.337 e. The van der Waals surface area contributed by atoms with Crippen LogP contribution in [0.15, 0.2) is 58.9 Å². The van der Waals surface area contributed by atoms with E-state index in [0.29, 0.717) is 21.5 Å². The molecule has 2 heterocycles. The number of sulfone groups is 1. The average molecular weight is 545 g/mol. The summed E-state index contributed by atoms with van der Waals surface area (Å²) in [7, 11) is -1.13. The molecule has 0 aliphatic rings. The van der Waals surface area contributed by atoms with Crippen LogP contribution in [0.5, 0.6) is 0 Å². The molecule has 186 valence electrons. The van der Waals surface area contributed by atoms with E-state index in [1.54, 1.807) is 35.2 Å². The van der Waals surface area contributed by atoms with Crippen molar-refractivity contribution in [2.45, 2.75) is 0 Å². The molecule has 0 saturated heterocycles. The Bertz CT molecular complexity index is 1640. The van der Waals surface area contributed by atoms with Crippen LogP contribution in [0.4, 0.5) is 5.13 Å². The Balaban J connectivity index is 1.43. The fourth-order valence-electron chi connectivity index (χ4n) is 3.29. The maximum atomic E-state index is 12.5. The summed E-state index contributed by atoms with van der Waals surface area (Å²) in [6.07, 6.45) is 0. The minimum atomic E-state index is -4.07. The third-order valence-corrected chi connectivity index (χ3v) is 8.21. The highest BCUT2D eigenvalue weighted by Crippen LogP contribution is 2.24. The Hall–Kier alpha value is -3.68. The van der Waals surface area contributed by atoms with E-state index in [-0.39, 0.29) is 9.93 Å². The lowest BCUT2D eigenvalue weighted by atomic mass is 10.2. The predicted molar refractivity (Wildman–Crippen MR) is 138 cm³/mol. The van der Waals surface area contributed by atoms with Crippen LogP contribution in [-0.2, 0) is 31.2 Å². The SMILES string of the molecule is COC(=O)c1ccc2c(c1)sc(=NC(=O)CS(=O)(=O)CC(=O)Nc1nc(-c3ccccc3)cs1)n2C. The first-order chi connectivity index (χ1) is 17.1. The van der Waals surface area contributed by atoms with Gasteiger partial charge in [0.2, 0.25) is 5.91 Å². The van der Waals surface area contributed by atoms with Gasteiger partial charge in [0.15, 0.2) is 19.8 Å². The standard InChI is InChI=1S/C23H20N4O6S3/c1-27-17-9-8-15(21(30)33-2)10-18(17)35-23(27)26-20(29)13-36(31,32)12-19(28)25-22-24-16(11-34-22)14-6-4-3-5-7-14/h3-11H,12-13H2,1-2H3,(H,24,25,28). The van der Waals surface area contributed by atoms with E-state index >= 15 is 0 Å². The van der Waals surface area contributed by atoms with Gasteiger partial charge in [0.25, 0.3) is 5.91 Å². The molecule has 13 heteroatoms. The minimum absolute atomic E-state index is 0.257. The van der Waals surface area contributed by atoms with Gasteiger partial charge in [-0.2, -0.15) is 4.99 Å². The van der Waals surface area contributed by atoms with Crippen molar-refractivity contribution in [2.75, 3.05) is 23.9 Å². The van der Waals surface area contributed by atoms with E-state index in [0.717, 1.165) is 16.9 Å². The van der Waals surface area contributed by atoms with Gasteiger partial charge in [-0.1, -0.05) is 41.7 Å². The summed E-state index contributed by atoms with van der Waals surface area (Å²) in [4.78, 5) is 44.9. The number of nitrogens with zero attached hydrogens (tertiary/aromatic N) is 3. The Morgan fingerprint density at radius 3 is 2.58 bits per heavy atom. The molecule has 10 nitrogen and oxygen atoms in total. The molecule has 0 unspecified atom stereocenters. The van der Waals surface area contributed by atoms with Gasteiger partial charge in [-0.25, -0.2) is 18.2 Å². The third-order valence-electron chi connectivity index (χ3n) is 4.97. The summed E-state index contributed by atoms with van der Waals surface area (Å²) in [6, 6.07) is 14.2. The summed E-state index contributed by atoms with van der Waals surface area (Å²) >= 11 is 2.29. The van der Waals surface area contributed by atoms with Crippen molar-refractivity contribution < 1.29 is 27.5 Å². The molecule has 4 rings (SSSR count). The van der Waals surface area contributed by atoms with E-state index in [2.05, 4.69) is 15.3 Å². The van der Waals surface area contributed by atoms with Crippen LogP contribution in [0, 0.1) is 0 Å². The topological polar surface area (TPSA) is 137 Å². The second kappa shape index (κ2) is 10.5. The van der Waals surface area contributed by atoms with Crippen LogP contribution in [-0.4, -0.2) is 54.4 Å². The molecular formula is C23H20N4O6S3. The van der Waals surface area contributed by atoms with Crippen LogP contribution in [0.3, 0.4) is 0 Å². The number of hydrogen-bond donors (Lipinski definition) is 1. The number of anilines is 1. The van der Waals surface area contributed by atoms with Crippen molar-refractivity contribution in [2.24, 2.45) is 12.0 Å². The van der Waals surface area contributed by atoms with Gasteiger partial charge in [-0.3, -0.25) is 9.59 Å². The molecular weight excluding hydrogens is 524 g/mol. The molecule has 36 heavy (non-hydrogen) atoms. The Labute approximate surface area is 213 Å². The number of benzene rings is 2. The predicted octanol–water partition coefficient (Wildman–Crippen LogP) is 2.63. The molecule has 0 radical (unpaired) electrons. The number of amides is 2. The number of rotatable bonds is 7. The highest BCUT2D eigenvalue weighted by Gasteiger charge is 2.22. The molecule has 0 fully saturated rings. The number of methoxy groups -OCH3 is 1. The van der Waals surface area contributed by atoms with Crippen molar-refractivity contribution in [3.63, 3.8) is 0 Å². The number of aromatic nitrogens is 2. The average Bonchev–Trinajstić information content (AvgIpc) is 3.42. The van der Waals surface area contributed by atoms with Gasteiger partial charge in [0.05, 0.1) is 28.6 Å². The maximum absolute atomic E-state index is 12.5. The molecule has 1 N–H and O–H groups in total. The zero-order valence-corrected chi connectivity index (χ0v) is 21.6. The Morgan fingerprint density at radius 1 is 1.11 bits per heavy atom. The van der Waals surface area contributed by atoms with Gasteiger partial charge in [0.1, 0.15) is 11.5 Å². The molecule has 2 aromatic heterocycles. The van der Waals surface area contributed by atoms with E-state index in [1.165, 1.54) is 18.4 Å². The van der Waals surface area contributed by atoms with Crippen molar-refractivity contribution >= 4 is 65.6 Å². The van der Waals surface area contributed by atoms with Crippen LogP contribution in [0.25, 0.3) is 21.5 Å². The minimum Gasteiger partial charge on any atom is -0.465 e. The number of nitrogens with one attached hydrogen (secondary N) is 1. The normalized spacial score (nSPS) is 12.0. The second-order valence-electron chi connectivity index (χ2n) is 7.61. The first-order valence-corrected chi connectivity index (χ1v) is 13.9. The molecule has 0 aliphatic heterocycles. The zero-order chi connectivity index (χ0) is 25.9. The zero-order valence-electron chi connectivity index (χ0n) is 19.1. The number of thiazole rings is 2. The smallest absolute Gasteiger partial charge is 0.337 e. The molecule has 0 bridgehead atoms. The van der Waals surface area contributed by atoms with Crippen molar-refractivity contribution in [3.8, 4) is 11.3 Å². The number of esters is 1. The number of fused-ring (bicyclic) bond motifs is 1. The number of aryl methyl sites for hydroxylation is 1. The van der Waals surface area contributed by atoms with Crippen molar-refractivity contribution in [1.82, 2.24) is 9.55 Å². The largest absolute Gasteiger partial charge is 0.465 e. The Kier molecular flexibility index (Phi) is 7.43. The highest BCUT2D eigenvalue weighted by atomic mass is 32.2. The van der Waals surface area contributed by atoms with Crippen LogP contribution in [0.1, 0.15) is 10.4 Å². The molecule has 0 saturated carbocycles. The summed E-state index contributed by atoms with van der Waals surface area (Å²) in [5.41, 5.74) is 2.57. The molecule has 0 aliphatic carbocycles. The van der Waals surface area contributed by atoms with Crippen LogP contribution in [0.2, 0.25) is 0 Å². The van der Waals surface area contributed by atoms with Gasteiger partial charge in [-0.15, -0.1) is 11.3 Å². The molecule has 0 atom stereocenters. The van der Waals surface area contributed by atoms with Gasteiger partial charge in [0, 0.05) is 18.0 Å². The summed E-state index contributed by atoms with van der Waals surface area (Å²) in [6.45, 7) is 0. The van der Waals surface area contributed by atoms with E-state index < -0.39 is 39.1 Å². The van der Waals surface area contributed by atoms with Crippen molar-refractivity contribution in [3.05, 3.63) is 64.3 Å². The van der Waals surface area contributed by atoms with Gasteiger partial charge >= 0.3 is 5.97 Å². The number of carbonyl (C=O) groups excluding carboxylic acids is 3. The fraction of sp³-hybridized carbons (Fsp3) is 0.174. The number of hydrogen-bond acceptors (Lipinski definition) is 9. The molecule has 2 amide bonds.